The van der Waals surface area contributed by atoms with Gasteiger partial charge in [-0.2, -0.15) is 4.31 Å². The van der Waals surface area contributed by atoms with Crippen LogP contribution in [0.3, 0.4) is 0 Å². The molecule has 168 valence electrons. The Balaban J connectivity index is 1.80. The minimum absolute atomic E-state index is 0.0203. The molecule has 1 aromatic heterocycles. The summed E-state index contributed by atoms with van der Waals surface area (Å²) >= 11 is 0. The van der Waals surface area contributed by atoms with Crippen LogP contribution in [-0.4, -0.2) is 26.0 Å². The number of amides is 1. The maximum atomic E-state index is 13.7. The number of carbonyl (C=O) groups is 1. The molecule has 4 aromatic rings. The van der Waals surface area contributed by atoms with Crippen molar-refractivity contribution in [3.05, 3.63) is 89.5 Å². The van der Waals surface area contributed by atoms with E-state index in [4.69, 9.17) is 4.74 Å². The molecule has 1 unspecified atom stereocenters. The molecule has 1 aliphatic heterocycles. The van der Waals surface area contributed by atoms with Crippen LogP contribution < -0.4 is 9.04 Å². The lowest BCUT2D eigenvalue weighted by Crippen LogP contribution is -2.42. The SMILES string of the molecule is COc1ccccc1C1CC(=O)N(S(=O)(=O)c2ccc(C)cc2)c2c1c1ccccc1n2C. The number of benzene rings is 3. The van der Waals surface area contributed by atoms with E-state index >= 15 is 0 Å². The summed E-state index contributed by atoms with van der Waals surface area (Å²) in [4.78, 5) is 13.6. The molecule has 5 rings (SSSR count). The fraction of sp³-hybridized carbons (Fsp3) is 0.192. The minimum atomic E-state index is -4.10. The molecule has 1 amide bonds. The summed E-state index contributed by atoms with van der Waals surface area (Å²) in [5.41, 5.74) is 3.48. The standard InChI is InChI=1S/C26H24N2O4S/c1-17-12-14-18(15-13-17)33(30,31)28-24(29)16-21(19-8-5-7-11-23(19)32-3)25-20-9-4-6-10-22(20)27(2)26(25)28/h4-15,21H,16H2,1-3H3. The average molecular weight is 461 g/mol. The van der Waals surface area contributed by atoms with Crippen molar-refractivity contribution in [2.24, 2.45) is 7.05 Å². The van der Waals surface area contributed by atoms with Crippen LogP contribution in [0.25, 0.3) is 10.9 Å². The van der Waals surface area contributed by atoms with Crippen LogP contribution in [-0.2, 0) is 21.9 Å². The molecule has 0 spiro atoms. The zero-order chi connectivity index (χ0) is 23.3. The van der Waals surface area contributed by atoms with Crippen molar-refractivity contribution in [2.75, 3.05) is 11.4 Å². The van der Waals surface area contributed by atoms with Crippen molar-refractivity contribution >= 4 is 32.7 Å². The van der Waals surface area contributed by atoms with Crippen LogP contribution >= 0.6 is 0 Å². The van der Waals surface area contributed by atoms with E-state index in [2.05, 4.69) is 0 Å². The number of carbonyl (C=O) groups excluding carboxylic acids is 1. The molecule has 1 aliphatic rings. The van der Waals surface area contributed by atoms with Gasteiger partial charge in [0, 0.05) is 41.4 Å². The Labute approximate surface area is 193 Å². The van der Waals surface area contributed by atoms with E-state index in [-0.39, 0.29) is 17.2 Å². The molecular weight excluding hydrogens is 436 g/mol. The van der Waals surface area contributed by atoms with E-state index in [1.807, 2.05) is 55.5 Å². The molecule has 1 atom stereocenters. The molecule has 0 bridgehead atoms. The summed E-state index contributed by atoms with van der Waals surface area (Å²) in [5.74, 6) is 0.247. The topological polar surface area (TPSA) is 68.6 Å². The normalized spacial score (nSPS) is 16.2. The fourth-order valence-corrected chi connectivity index (χ4v) is 6.24. The predicted molar refractivity (Wildman–Crippen MR) is 128 cm³/mol. The zero-order valence-corrected chi connectivity index (χ0v) is 19.5. The summed E-state index contributed by atoms with van der Waals surface area (Å²) < 4.78 is 35.8. The maximum Gasteiger partial charge on any atom is 0.272 e. The number of rotatable bonds is 4. The van der Waals surface area contributed by atoms with Gasteiger partial charge in [-0.3, -0.25) is 4.79 Å². The molecule has 0 N–H and O–H groups in total. The van der Waals surface area contributed by atoms with Crippen LogP contribution in [0.5, 0.6) is 5.75 Å². The van der Waals surface area contributed by atoms with Crippen molar-refractivity contribution in [3.63, 3.8) is 0 Å². The third-order valence-electron chi connectivity index (χ3n) is 6.33. The van der Waals surface area contributed by atoms with Gasteiger partial charge >= 0.3 is 0 Å². The van der Waals surface area contributed by atoms with Crippen molar-refractivity contribution in [1.29, 1.82) is 0 Å². The number of ether oxygens (including phenoxy) is 1. The molecule has 0 saturated carbocycles. The van der Waals surface area contributed by atoms with Gasteiger partial charge < -0.3 is 9.30 Å². The lowest BCUT2D eigenvalue weighted by atomic mass is 9.85. The first-order valence-corrected chi connectivity index (χ1v) is 12.1. The Kier molecular flexibility index (Phi) is 5.01. The smallest absolute Gasteiger partial charge is 0.272 e. The van der Waals surface area contributed by atoms with Crippen molar-refractivity contribution in [2.45, 2.75) is 24.2 Å². The zero-order valence-electron chi connectivity index (χ0n) is 18.6. The van der Waals surface area contributed by atoms with Gasteiger partial charge in [-0.25, -0.2) is 8.42 Å². The lowest BCUT2D eigenvalue weighted by Gasteiger charge is -2.33. The fourth-order valence-electron chi connectivity index (χ4n) is 4.76. The highest BCUT2D eigenvalue weighted by Gasteiger charge is 2.43. The quantitative estimate of drug-likeness (QED) is 0.441. The maximum absolute atomic E-state index is 13.7. The van der Waals surface area contributed by atoms with E-state index in [1.54, 1.807) is 43.0 Å². The molecule has 33 heavy (non-hydrogen) atoms. The Morgan fingerprint density at radius 2 is 1.61 bits per heavy atom. The van der Waals surface area contributed by atoms with Crippen LogP contribution in [0.1, 0.15) is 29.0 Å². The summed E-state index contributed by atoms with van der Waals surface area (Å²) in [6.07, 6.45) is 0.0203. The summed E-state index contributed by atoms with van der Waals surface area (Å²) in [6.45, 7) is 1.89. The number of fused-ring (bicyclic) bond motifs is 3. The number of para-hydroxylation sites is 2. The van der Waals surface area contributed by atoms with Crippen LogP contribution in [0, 0.1) is 6.92 Å². The molecule has 0 radical (unpaired) electrons. The predicted octanol–water partition coefficient (Wildman–Crippen LogP) is 4.75. The Hall–Kier alpha value is -3.58. The van der Waals surface area contributed by atoms with Gasteiger partial charge in [0.1, 0.15) is 11.6 Å². The molecule has 3 aromatic carbocycles. The summed E-state index contributed by atoms with van der Waals surface area (Å²) in [5, 5.41) is 0.919. The molecule has 6 nitrogen and oxygen atoms in total. The molecule has 0 saturated heterocycles. The first-order chi connectivity index (χ1) is 15.8. The van der Waals surface area contributed by atoms with E-state index in [1.165, 1.54) is 0 Å². The van der Waals surface area contributed by atoms with Crippen molar-refractivity contribution < 1.29 is 17.9 Å². The van der Waals surface area contributed by atoms with E-state index in [0.717, 1.165) is 31.9 Å². The van der Waals surface area contributed by atoms with Crippen LogP contribution in [0.2, 0.25) is 0 Å². The highest BCUT2D eigenvalue weighted by Crippen LogP contribution is 2.48. The van der Waals surface area contributed by atoms with Gasteiger partial charge in [0.05, 0.1) is 12.0 Å². The van der Waals surface area contributed by atoms with Crippen LogP contribution in [0.15, 0.2) is 77.7 Å². The first kappa shape index (κ1) is 21.3. The number of nitrogens with zero attached hydrogens (tertiary/aromatic N) is 2. The second-order valence-corrected chi connectivity index (χ2v) is 10.1. The van der Waals surface area contributed by atoms with Gasteiger partial charge in [0.2, 0.25) is 5.91 Å². The van der Waals surface area contributed by atoms with Gasteiger partial charge in [0.25, 0.3) is 10.0 Å². The van der Waals surface area contributed by atoms with Gasteiger partial charge in [-0.05, 0) is 31.2 Å². The second-order valence-electron chi connectivity index (χ2n) is 8.29. The summed E-state index contributed by atoms with van der Waals surface area (Å²) in [7, 11) is -0.700. The van der Waals surface area contributed by atoms with Gasteiger partial charge in [-0.15, -0.1) is 0 Å². The first-order valence-electron chi connectivity index (χ1n) is 10.7. The number of methoxy groups -OCH3 is 1. The van der Waals surface area contributed by atoms with Gasteiger partial charge in [0.15, 0.2) is 0 Å². The Morgan fingerprint density at radius 1 is 0.939 bits per heavy atom. The highest BCUT2D eigenvalue weighted by molar-refractivity contribution is 7.93. The Morgan fingerprint density at radius 3 is 2.33 bits per heavy atom. The Bertz CT molecular complexity index is 1490. The van der Waals surface area contributed by atoms with Crippen molar-refractivity contribution in [3.8, 4) is 5.75 Å². The molecular formula is C26H24N2O4S. The third kappa shape index (κ3) is 3.23. The van der Waals surface area contributed by atoms with Gasteiger partial charge in [-0.1, -0.05) is 54.1 Å². The van der Waals surface area contributed by atoms with Crippen molar-refractivity contribution in [1.82, 2.24) is 4.57 Å². The molecule has 0 fully saturated rings. The molecule has 0 aliphatic carbocycles. The van der Waals surface area contributed by atoms with E-state index in [0.29, 0.717) is 11.6 Å². The summed E-state index contributed by atoms with van der Waals surface area (Å²) in [6, 6.07) is 21.9. The number of hydrogen-bond donors (Lipinski definition) is 0. The number of aryl methyl sites for hydroxylation is 2. The number of sulfonamides is 1. The number of hydrogen-bond acceptors (Lipinski definition) is 4. The lowest BCUT2D eigenvalue weighted by molar-refractivity contribution is -0.118. The number of aromatic nitrogens is 1. The average Bonchev–Trinajstić information content (AvgIpc) is 3.11. The molecule has 2 heterocycles. The monoisotopic (exact) mass is 460 g/mol. The highest BCUT2D eigenvalue weighted by atomic mass is 32.2. The van der Waals surface area contributed by atoms with E-state index < -0.39 is 15.9 Å². The molecule has 7 heteroatoms. The van der Waals surface area contributed by atoms with E-state index in [9.17, 15) is 13.2 Å². The van der Waals surface area contributed by atoms with Crippen LogP contribution in [0.4, 0.5) is 5.82 Å². The third-order valence-corrected chi connectivity index (χ3v) is 8.06. The largest absolute Gasteiger partial charge is 0.496 e. The number of anilines is 1. The second kappa shape index (κ2) is 7.78. The minimum Gasteiger partial charge on any atom is -0.496 e.